The van der Waals surface area contributed by atoms with Crippen LogP contribution in [-0.2, 0) is 17.1 Å². The molecule has 18 heavy (non-hydrogen) atoms. The predicted molar refractivity (Wildman–Crippen MR) is 58.7 cm³/mol. The van der Waals surface area contributed by atoms with Gasteiger partial charge in [0.1, 0.15) is 5.15 Å². The normalized spacial score (nSPS) is 13.3. The number of sulfonamides is 1. The lowest BCUT2D eigenvalue weighted by molar-refractivity contribution is -0.135. The fraction of sp³-hybridized carbons (Fsp3) is 0.625. The smallest absolute Gasteiger partial charge is 0.324 e. The number of aromatic nitrogens is 2. The highest BCUT2D eigenvalue weighted by molar-refractivity contribution is 7.89. The third-order valence-corrected chi connectivity index (χ3v) is 4.55. The molecule has 0 unspecified atom stereocenters. The zero-order valence-corrected chi connectivity index (χ0v) is 11.1. The van der Waals surface area contributed by atoms with E-state index in [1.807, 2.05) is 0 Å². The molecule has 0 atom stereocenters. The summed E-state index contributed by atoms with van der Waals surface area (Å²) in [6.07, 6.45) is -4.47. The maximum absolute atomic E-state index is 12.0. The number of imidazole rings is 1. The van der Waals surface area contributed by atoms with E-state index in [9.17, 15) is 21.6 Å². The van der Waals surface area contributed by atoms with E-state index >= 15 is 0 Å². The Labute approximate surface area is 107 Å². The fourth-order valence-electron chi connectivity index (χ4n) is 1.12. The third-order valence-electron chi connectivity index (χ3n) is 2.20. The Morgan fingerprint density at radius 1 is 1.50 bits per heavy atom. The minimum absolute atomic E-state index is 0.145. The highest BCUT2D eigenvalue weighted by Gasteiger charge is 2.32. The molecular weight excluding hydrogens is 295 g/mol. The number of nitrogens with zero attached hydrogens (tertiary/aromatic N) is 3. The van der Waals surface area contributed by atoms with Gasteiger partial charge in [-0.3, -0.25) is 0 Å². The molecule has 5 nitrogen and oxygen atoms in total. The van der Waals surface area contributed by atoms with Crippen molar-refractivity contribution in [3.63, 3.8) is 0 Å². The molecular formula is C8H11ClF3N3O2S. The Balaban J connectivity index is 2.91. The molecule has 104 valence electrons. The molecule has 1 rings (SSSR count). The van der Waals surface area contributed by atoms with Gasteiger partial charge in [-0.25, -0.2) is 13.4 Å². The lowest BCUT2D eigenvalue weighted by Gasteiger charge is -2.16. The molecule has 0 saturated heterocycles. The van der Waals surface area contributed by atoms with Gasteiger partial charge in [0.15, 0.2) is 0 Å². The van der Waals surface area contributed by atoms with Gasteiger partial charge < -0.3 is 4.57 Å². The number of hydrogen-bond acceptors (Lipinski definition) is 3. The zero-order chi connectivity index (χ0) is 14.1. The lowest BCUT2D eigenvalue weighted by atomic mass is 10.4. The molecule has 0 amide bonds. The van der Waals surface area contributed by atoms with Gasteiger partial charge in [0, 0.05) is 20.6 Å². The first-order valence-corrected chi connectivity index (χ1v) is 6.57. The summed E-state index contributed by atoms with van der Waals surface area (Å²) in [5.41, 5.74) is 0. The van der Waals surface area contributed by atoms with E-state index in [4.69, 9.17) is 11.6 Å². The van der Waals surface area contributed by atoms with Gasteiger partial charge in [-0.05, 0) is 0 Å². The summed E-state index contributed by atoms with van der Waals surface area (Å²) in [6, 6.07) is 0. The van der Waals surface area contributed by atoms with Gasteiger partial charge in [-0.1, -0.05) is 11.6 Å². The van der Waals surface area contributed by atoms with Crippen LogP contribution in [0.2, 0.25) is 5.15 Å². The Morgan fingerprint density at radius 2 is 2.06 bits per heavy atom. The minimum atomic E-state index is -4.42. The first-order valence-electron chi connectivity index (χ1n) is 4.75. The summed E-state index contributed by atoms with van der Waals surface area (Å²) < 4.78 is 61.7. The quantitative estimate of drug-likeness (QED) is 0.850. The number of halogens is 4. The fourth-order valence-corrected chi connectivity index (χ4v) is 2.67. The van der Waals surface area contributed by atoms with Crippen LogP contribution in [0.1, 0.15) is 6.42 Å². The number of alkyl halides is 3. The number of hydrogen-bond donors (Lipinski definition) is 0. The van der Waals surface area contributed by atoms with Crippen molar-refractivity contribution in [2.45, 2.75) is 17.6 Å². The van der Waals surface area contributed by atoms with Crippen molar-refractivity contribution in [3.05, 3.63) is 11.5 Å². The second-order valence-corrected chi connectivity index (χ2v) is 5.96. The highest BCUT2D eigenvalue weighted by Crippen LogP contribution is 2.24. The largest absolute Gasteiger partial charge is 0.390 e. The average Bonchev–Trinajstić information content (AvgIpc) is 2.55. The van der Waals surface area contributed by atoms with E-state index in [1.54, 1.807) is 0 Å². The van der Waals surface area contributed by atoms with Gasteiger partial charge in [0.25, 0.3) is 10.0 Å². The van der Waals surface area contributed by atoms with Crippen molar-refractivity contribution in [1.29, 1.82) is 0 Å². The standard InChI is InChI=1S/C8H11ClF3N3O2S/c1-14-5-13-7(6(14)9)18(16,17)15(2)4-3-8(10,11)12/h5H,3-4H2,1-2H3. The minimum Gasteiger partial charge on any atom is -0.324 e. The van der Waals surface area contributed by atoms with Crippen LogP contribution in [0, 0.1) is 0 Å². The first-order chi connectivity index (χ1) is 8.05. The summed E-state index contributed by atoms with van der Waals surface area (Å²) in [6.45, 7) is -0.682. The third kappa shape index (κ3) is 3.36. The van der Waals surface area contributed by atoms with Crippen LogP contribution < -0.4 is 0 Å². The lowest BCUT2D eigenvalue weighted by Crippen LogP contribution is -2.31. The molecule has 0 spiro atoms. The number of rotatable bonds is 4. The van der Waals surface area contributed by atoms with Gasteiger partial charge in [-0.15, -0.1) is 0 Å². The Morgan fingerprint density at radius 3 is 2.44 bits per heavy atom. The van der Waals surface area contributed by atoms with E-state index < -0.39 is 34.2 Å². The van der Waals surface area contributed by atoms with Crippen molar-refractivity contribution in [3.8, 4) is 0 Å². The first kappa shape index (κ1) is 15.3. The molecule has 1 aromatic rings. The average molecular weight is 306 g/mol. The van der Waals surface area contributed by atoms with Crippen molar-refractivity contribution >= 4 is 21.6 Å². The molecule has 0 bridgehead atoms. The van der Waals surface area contributed by atoms with Crippen molar-refractivity contribution in [2.75, 3.05) is 13.6 Å². The zero-order valence-electron chi connectivity index (χ0n) is 9.57. The van der Waals surface area contributed by atoms with Crippen LogP contribution >= 0.6 is 11.6 Å². The SMILES string of the molecule is CN(CCC(F)(F)F)S(=O)(=O)c1ncn(C)c1Cl. The van der Waals surface area contributed by atoms with Crippen LogP contribution in [0.5, 0.6) is 0 Å². The molecule has 0 N–H and O–H groups in total. The van der Waals surface area contributed by atoms with Crippen molar-refractivity contribution in [2.24, 2.45) is 7.05 Å². The maximum Gasteiger partial charge on any atom is 0.390 e. The van der Waals surface area contributed by atoms with E-state index in [0.29, 0.717) is 4.31 Å². The van der Waals surface area contributed by atoms with Crippen molar-refractivity contribution in [1.82, 2.24) is 13.9 Å². The second-order valence-electron chi connectivity index (χ2n) is 3.64. The van der Waals surface area contributed by atoms with Crippen LogP contribution in [0.4, 0.5) is 13.2 Å². The predicted octanol–water partition coefficient (Wildman–Crippen LogP) is 1.65. The van der Waals surface area contributed by atoms with E-state index in [1.165, 1.54) is 17.9 Å². The monoisotopic (exact) mass is 305 g/mol. The molecule has 0 aromatic carbocycles. The molecule has 0 saturated carbocycles. The molecule has 0 aliphatic rings. The van der Waals surface area contributed by atoms with Crippen LogP contribution in [0.3, 0.4) is 0 Å². The molecule has 10 heteroatoms. The molecule has 0 aliphatic carbocycles. The number of aryl methyl sites for hydroxylation is 1. The van der Waals surface area contributed by atoms with E-state index in [-0.39, 0.29) is 5.15 Å². The summed E-state index contributed by atoms with van der Waals surface area (Å²) >= 11 is 5.70. The van der Waals surface area contributed by atoms with Gasteiger partial charge in [0.2, 0.25) is 5.03 Å². The molecule has 0 aliphatic heterocycles. The Hall–Kier alpha value is -0.800. The van der Waals surface area contributed by atoms with Crippen LogP contribution in [-0.4, -0.2) is 42.0 Å². The maximum atomic E-state index is 12.0. The van der Waals surface area contributed by atoms with E-state index in [2.05, 4.69) is 4.98 Å². The molecule has 0 fully saturated rings. The molecule has 1 aromatic heterocycles. The topological polar surface area (TPSA) is 55.2 Å². The van der Waals surface area contributed by atoms with Crippen LogP contribution in [0.15, 0.2) is 11.4 Å². The molecule has 1 heterocycles. The van der Waals surface area contributed by atoms with Crippen molar-refractivity contribution < 1.29 is 21.6 Å². The Bertz CT molecular complexity index is 526. The Kier molecular flexibility index (Phi) is 4.29. The van der Waals surface area contributed by atoms with Gasteiger partial charge in [-0.2, -0.15) is 17.5 Å². The second kappa shape index (κ2) is 5.06. The summed E-state index contributed by atoms with van der Waals surface area (Å²) in [5.74, 6) is 0. The summed E-state index contributed by atoms with van der Waals surface area (Å²) in [5, 5.41) is -0.592. The summed E-state index contributed by atoms with van der Waals surface area (Å²) in [7, 11) is -1.58. The van der Waals surface area contributed by atoms with E-state index in [0.717, 1.165) is 7.05 Å². The van der Waals surface area contributed by atoms with Crippen LogP contribution in [0.25, 0.3) is 0 Å². The highest BCUT2D eigenvalue weighted by atomic mass is 35.5. The van der Waals surface area contributed by atoms with Gasteiger partial charge >= 0.3 is 6.18 Å². The molecule has 0 radical (unpaired) electrons. The van der Waals surface area contributed by atoms with Gasteiger partial charge in [0.05, 0.1) is 12.7 Å². The summed E-state index contributed by atoms with van der Waals surface area (Å²) in [4.78, 5) is 3.57.